The maximum Gasteiger partial charge on any atom is 0.343 e. The molecule has 2 N–H and O–H groups in total. The summed E-state index contributed by atoms with van der Waals surface area (Å²) in [6, 6.07) is 4.10. The number of hydrogen-bond donors (Lipinski definition) is 2. The number of unbranched alkanes of at least 4 members (excludes halogenated alkanes) is 1. The molecule has 0 spiro atoms. The number of aromatic nitrogens is 2. The van der Waals surface area contributed by atoms with Crippen LogP contribution in [0.2, 0.25) is 0 Å². The van der Waals surface area contributed by atoms with Crippen LogP contribution in [0.4, 0.5) is 4.79 Å². The van der Waals surface area contributed by atoms with Crippen molar-refractivity contribution in [1.29, 1.82) is 0 Å². The van der Waals surface area contributed by atoms with Crippen molar-refractivity contribution in [1.82, 2.24) is 15.1 Å². The number of ether oxygens (including phenoxy) is 1. The molecule has 1 heterocycles. The number of hydrogen-bond acceptors (Lipinski definition) is 4. The minimum Gasteiger partial charge on any atom is -0.465 e. The van der Waals surface area contributed by atoms with Crippen LogP contribution in [0.3, 0.4) is 0 Å². The van der Waals surface area contributed by atoms with Crippen LogP contribution in [0.5, 0.6) is 0 Å². The second-order valence-electron chi connectivity index (χ2n) is 5.46. The van der Waals surface area contributed by atoms with Gasteiger partial charge in [0.25, 0.3) is 5.56 Å². The maximum atomic E-state index is 12.3. The average Bonchev–Trinajstić information content (AvgIpc) is 2.89. The molecule has 1 atom stereocenters. The van der Waals surface area contributed by atoms with Crippen LogP contribution in [-0.4, -0.2) is 34.9 Å². The van der Waals surface area contributed by atoms with Gasteiger partial charge in [-0.25, -0.2) is 9.59 Å². The highest BCUT2D eigenvalue weighted by Crippen LogP contribution is 2.14. The van der Waals surface area contributed by atoms with E-state index in [1.54, 1.807) is 12.1 Å². The highest BCUT2D eigenvalue weighted by atomic mass is 16.5. The first-order chi connectivity index (χ1) is 11.0. The van der Waals surface area contributed by atoms with E-state index in [9.17, 15) is 14.4 Å². The molecule has 2 rings (SSSR count). The van der Waals surface area contributed by atoms with Crippen LogP contribution in [0.1, 0.15) is 43.5 Å². The van der Waals surface area contributed by atoms with E-state index in [0.29, 0.717) is 5.52 Å². The molecule has 0 radical (unpaired) electrons. The normalized spacial score (nSPS) is 12.1. The lowest BCUT2D eigenvalue weighted by atomic mass is 10.1. The molecule has 0 aliphatic rings. The number of carbonyl (C=O) groups excluding carboxylic acids is 2. The first-order valence-electron chi connectivity index (χ1n) is 7.62. The van der Waals surface area contributed by atoms with Gasteiger partial charge in [0, 0.05) is 6.04 Å². The molecular weight excluding hydrogens is 298 g/mol. The predicted octanol–water partition coefficient (Wildman–Crippen LogP) is 2.25. The third-order valence-electron chi connectivity index (χ3n) is 3.69. The van der Waals surface area contributed by atoms with Gasteiger partial charge < -0.3 is 10.1 Å². The summed E-state index contributed by atoms with van der Waals surface area (Å²) in [5.74, 6) is -0.569. The second kappa shape index (κ2) is 7.13. The van der Waals surface area contributed by atoms with Crippen molar-refractivity contribution >= 4 is 22.9 Å². The van der Waals surface area contributed by atoms with Crippen LogP contribution in [-0.2, 0) is 4.74 Å². The molecule has 23 heavy (non-hydrogen) atoms. The van der Waals surface area contributed by atoms with Gasteiger partial charge >= 0.3 is 12.0 Å². The Morgan fingerprint density at radius 3 is 2.78 bits per heavy atom. The van der Waals surface area contributed by atoms with Gasteiger partial charge in [0.15, 0.2) is 0 Å². The molecule has 1 aromatic carbocycles. The molecule has 0 saturated carbocycles. The number of carbonyl (C=O) groups is 2. The Morgan fingerprint density at radius 1 is 1.39 bits per heavy atom. The Kier molecular flexibility index (Phi) is 5.20. The number of rotatable bonds is 5. The number of nitrogens with one attached hydrogen (secondary N) is 2. The first kappa shape index (κ1) is 16.8. The molecular formula is C16H21N3O4. The van der Waals surface area contributed by atoms with Crippen molar-refractivity contribution in [3.8, 4) is 0 Å². The van der Waals surface area contributed by atoms with E-state index in [1.165, 1.54) is 13.2 Å². The third-order valence-corrected chi connectivity index (χ3v) is 3.69. The van der Waals surface area contributed by atoms with Crippen molar-refractivity contribution in [3.63, 3.8) is 0 Å². The van der Waals surface area contributed by atoms with Crippen molar-refractivity contribution in [3.05, 3.63) is 34.1 Å². The van der Waals surface area contributed by atoms with Crippen LogP contribution in [0, 0.1) is 0 Å². The van der Waals surface area contributed by atoms with Gasteiger partial charge in [-0.2, -0.15) is 4.68 Å². The molecule has 0 aliphatic heterocycles. The molecule has 0 saturated heterocycles. The topological polar surface area (TPSA) is 93.2 Å². The lowest BCUT2D eigenvalue weighted by Crippen LogP contribution is -2.40. The molecule has 0 fully saturated rings. The Labute approximate surface area is 133 Å². The number of esters is 1. The minimum atomic E-state index is -0.569. The number of aromatic amines is 1. The monoisotopic (exact) mass is 319 g/mol. The van der Waals surface area contributed by atoms with E-state index in [2.05, 4.69) is 17.3 Å². The number of fused-ring (bicyclic) bond motifs is 1. The lowest BCUT2D eigenvalue weighted by Gasteiger charge is -2.12. The van der Waals surface area contributed by atoms with Crippen LogP contribution in [0.15, 0.2) is 23.0 Å². The van der Waals surface area contributed by atoms with Crippen molar-refractivity contribution < 1.29 is 14.3 Å². The predicted molar refractivity (Wildman–Crippen MR) is 86.8 cm³/mol. The minimum absolute atomic E-state index is 0.0409. The number of benzene rings is 1. The fourth-order valence-corrected chi connectivity index (χ4v) is 2.41. The molecule has 1 amide bonds. The summed E-state index contributed by atoms with van der Waals surface area (Å²) >= 11 is 0. The van der Waals surface area contributed by atoms with E-state index in [1.807, 2.05) is 6.92 Å². The van der Waals surface area contributed by atoms with Gasteiger partial charge in [-0.15, -0.1) is 0 Å². The summed E-state index contributed by atoms with van der Waals surface area (Å²) in [4.78, 5) is 36.4. The lowest BCUT2D eigenvalue weighted by molar-refractivity contribution is 0.0602. The quantitative estimate of drug-likeness (QED) is 0.827. The fourth-order valence-electron chi connectivity index (χ4n) is 2.41. The average molecular weight is 319 g/mol. The van der Waals surface area contributed by atoms with Crippen LogP contribution < -0.4 is 10.9 Å². The molecule has 0 aliphatic carbocycles. The third kappa shape index (κ3) is 3.44. The SMILES string of the molecule is CCCCC(C)NC(=O)n1[nH]c2c(C(=O)OC)cccc2c1=O. The van der Waals surface area contributed by atoms with Gasteiger partial charge in [0.1, 0.15) is 0 Å². The molecule has 0 bridgehead atoms. The standard InChI is InChI=1S/C16H21N3O4/c1-4-5-7-10(2)17-16(22)19-14(20)11-8-6-9-12(13(11)18-19)15(21)23-3/h6,8-10,18H,4-5,7H2,1-3H3,(H,17,22). The molecule has 1 unspecified atom stereocenters. The second-order valence-corrected chi connectivity index (χ2v) is 5.46. The maximum absolute atomic E-state index is 12.3. The summed E-state index contributed by atoms with van der Waals surface area (Å²) in [7, 11) is 1.26. The summed E-state index contributed by atoms with van der Waals surface area (Å²) in [6.45, 7) is 3.96. The number of methoxy groups -OCH3 is 1. The number of para-hydroxylation sites is 1. The largest absolute Gasteiger partial charge is 0.465 e. The smallest absolute Gasteiger partial charge is 0.343 e. The number of H-pyrrole nitrogens is 1. The van der Waals surface area contributed by atoms with Crippen molar-refractivity contribution in [2.75, 3.05) is 7.11 Å². The molecule has 2 aromatic rings. The molecule has 7 heteroatoms. The van der Waals surface area contributed by atoms with Crippen molar-refractivity contribution in [2.45, 2.75) is 39.2 Å². The summed E-state index contributed by atoms with van der Waals surface area (Å²) in [6.07, 6.45) is 2.87. The zero-order valence-corrected chi connectivity index (χ0v) is 13.5. The van der Waals surface area contributed by atoms with Gasteiger partial charge in [-0.05, 0) is 25.5 Å². The highest BCUT2D eigenvalue weighted by Gasteiger charge is 2.19. The summed E-state index contributed by atoms with van der Waals surface area (Å²) in [5, 5.41) is 5.74. The first-order valence-corrected chi connectivity index (χ1v) is 7.62. The Hall–Kier alpha value is -2.57. The highest BCUT2D eigenvalue weighted by molar-refractivity contribution is 6.03. The van der Waals surface area contributed by atoms with Gasteiger partial charge in [0.05, 0.1) is 23.6 Å². The summed E-state index contributed by atoms with van der Waals surface area (Å²) in [5.41, 5.74) is 0.0133. The Morgan fingerprint density at radius 2 is 2.13 bits per heavy atom. The van der Waals surface area contributed by atoms with Gasteiger partial charge in [-0.1, -0.05) is 25.8 Å². The summed E-state index contributed by atoms with van der Waals surface area (Å²) < 4.78 is 5.58. The number of amides is 1. The molecule has 124 valence electrons. The van der Waals surface area contributed by atoms with Crippen molar-refractivity contribution in [2.24, 2.45) is 0 Å². The fraction of sp³-hybridized carbons (Fsp3) is 0.438. The van der Waals surface area contributed by atoms with E-state index in [-0.39, 0.29) is 17.0 Å². The Bertz CT molecular complexity index is 775. The molecule has 1 aromatic heterocycles. The van der Waals surface area contributed by atoms with E-state index >= 15 is 0 Å². The van der Waals surface area contributed by atoms with Crippen LogP contribution in [0.25, 0.3) is 10.9 Å². The van der Waals surface area contributed by atoms with Crippen LogP contribution >= 0.6 is 0 Å². The number of nitrogens with zero attached hydrogens (tertiary/aromatic N) is 1. The van der Waals surface area contributed by atoms with Gasteiger partial charge in [-0.3, -0.25) is 9.89 Å². The van der Waals surface area contributed by atoms with Gasteiger partial charge in [0.2, 0.25) is 0 Å². The van der Waals surface area contributed by atoms with E-state index in [0.717, 1.165) is 23.9 Å². The molecule has 7 nitrogen and oxygen atoms in total. The zero-order valence-electron chi connectivity index (χ0n) is 13.5. The van der Waals surface area contributed by atoms with E-state index < -0.39 is 17.6 Å². The Balaban J connectivity index is 2.35. The zero-order chi connectivity index (χ0) is 17.0. The van der Waals surface area contributed by atoms with E-state index in [4.69, 9.17) is 4.74 Å².